The van der Waals surface area contributed by atoms with Crippen molar-refractivity contribution in [2.75, 3.05) is 20.1 Å². The van der Waals surface area contributed by atoms with E-state index in [0.29, 0.717) is 5.41 Å². The van der Waals surface area contributed by atoms with Crippen LogP contribution in [-0.4, -0.2) is 30.6 Å². The second-order valence-corrected chi connectivity index (χ2v) is 7.70. The first-order chi connectivity index (χ1) is 7.68. The van der Waals surface area contributed by atoms with Crippen molar-refractivity contribution < 1.29 is 0 Å². The van der Waals surface area contributed by atoms with Crippen LogP contribution in [0.4, 0.5) is 0 Å². The van der Waals surface area contributed by atoms with Crippen LogP contribution in [0.15, 0.2) is 0 Å². The lowest BCUT2D eigenvalue weighted by atomic mass is 9.70. The van der Waals surface area contributed by atoms with Crippen LogP contribution in [0, 0.1) is 17.3 Å². The number of hydrogen-bond donors (Lipinski definition) is 1. The summed E-state index contributed by atoms with van der Waals surface area (Å²) >= 11 is 0. The van der Waals surface area contributed by atoms with Gasteiger partial charge in [-0.15, -0.1) is 0 Å². The van der Waals surface area contributed by atoms with Gasteiger partial charge in [-0.25, -0.2) is 0 Å². The Morgan fingerprint density at radius 2 is 1.65 bits per heavy atom. The van der Waals surface area contributed by atoms with Gasteiger partial charge < -0.3 is 5.73 Å². The fraction of sp³-hybridized carbons (Fsp3) is 1.00. The molecule has 1 fully saturated rings. The number of hydrogen-bond acceptors (Lipinski definition) is 2. The highest BCUT2D eigenvalue weighted by atomic mass is 15.2. The molecule has 17 heavy (non-hydrogen) atoms. The monoisotopic (exact) mass is 240 g/mol. The first-order valence-electron chi connectivity index (χ1n) is 7.10. The van der Waals surface area contributed by atoms with Crippen molar-refractivity contribution in [1.29, 1.82) is 0 Å². The second-order valence-electron chi connectivity index (χ2n) is 7.70. The molecule has 0 bridgehead atoms. The van der Waals surface area contributed by atoms with Gasteiger partial charge in [0.15, 0.2) is 0 Å². The standard InChI is InChI=1S/C15H32N2/c1-12-7-13(2)9-15(8-12,10-16)17(6)11-14(3,4)5/h12-13H,7-11,16H2,1-6H3. The zero-order chi connectivity index (χ0) is 13.3. The number of nitrogens with zero attached hydrogens (tertiary/aromatic N) is 1. The van der Waals surface area contributed by atoms with Crippen LogP contribution in [0.3, 0.4) is 0 Å². The van der Waals surface area contributed by atoms with Crippen LogP contribution in [-0.2, 0) is 0 Å². The molecule has 1 aliphatic carbocycles. The fourth-order valence-electron chi connectivity index (χ4n) is 3.75. The van der Waals surface area contributed by atoms with Gasteiger partial charge in [0, 0.05) is 18.6 Å². The molecule has 0 amide bonds. The zero-order valence-corrected chi connectivity index (χ0v) is 12.7. The van der Waals surface area contributed by atoms with Crippen molar-refractivity contribution >= 4 is 0 Å². The highest BCUT2D eigenvalue weighted by molar-refractivity contribution is 4.97. The third kappa shape index (κ3) is 3.96. The molecule has 2 atom stereocenters. The van der Waals surface area contributed by atoms with E-state index in [1.807, 2.05) is 0 Å². The van der Waals surface area contributed by atoms with E-state index in [4.69, 9.17) is 5.73 Å². The first-order valence-corrected chi connectivity index (χ1v) is 7.10. The topological polar surface area (TPSA) is 29.3 Å². The summed E-state index contributed by atoms with van der Waals surface area (Å²) in [6.45, 7) is 13.6. The van der Waals surface area contributed by atoms with Gasteiger partial charge in [-0.05, 0) is 43.6 Å². The molecule has 0 aromatic heterocycles. The van der Waals surface area contributed by atoms with Crippen LogP contribution in [0.5, 0.6) is 0 Å². The van der Waals surface area contributed by atoms with Crippen LogP contribution in [0.2, 0.25) is 0 Å². The van der Waals surface area contributed by atoms with E-state index in [1.165, 1.54) is 19.3 Å². The Labute approximate surface area is 108 Å². The normalized spacial score (nSPS) is 35.3. The molecule has 1 aliphatic rings. The molecule has 2 N–H and O–H groups in total. The minimum Gasteiger partial charge on any atom is -0.329 e. The lowest BCUT2D eigenvalue weighted by molar-refractivity contribution is 0.0184. The van der Waals surface area contributed by atoms with E-state index in [1.54, 1.807) is 0 Å². The minimum absolute atomic E-state index is 0.240. The van der Waals surface area contributed by atoms with Gasteiger partial charge in [-0.2, -0.15) is 0 Å². The largest absolute Gasteiger partial charge is 0.329 e. The Bertz CT molecular complexity index is 232. The molecule has 1 rings (SSSR count). The van der Waals surface area contributed by atoms with E-state index in [-0.39, 0.29) is 5.54 Å². The van der Waals surface area contributed by atoms with Crippen LogP contribution in [0.1, 0.15) is 53.9 Å². The van der Waals surface area contributed by atoms with Crippen molar-refractivity contribution in [1.82, 2.24) is 4.90 Å². The van der Waals surface area contributed by atoms with Gasteiger partial charge >= 0.3 is 0 Å². The summed E-state index contributed by atoms with van der Waals surface area (Å²) in [5, 5.41) is 0. The summed E-state index contributed by atoms with van der Waals surface area (Å²) in [5.74, 6) is 1.62. The van der Waals surface area contributed by atoms with Gasteiger partial charge in [0.2, 0.25) is 0 Å². The molecule has 0 heterocycles. The van der Waals surface area contributed by atoms with Crippen molar-refractivity contribution in [3.63, 3.8) is 0 Å². The SMILES string of the molecule is CC1CC(C)CC(CN)(N(C)CC(C)(C)C)C1. The van der Waals surface area contributed by atoms with E-state index in [2.05, 4.69) is 46.6 Å². The fourth-order valence-corrected chi connectivity index (χ4v) is 3.75. The molecule has 2 nitrogen and oxygen atoms in total. The van der Waals surface area contributed by atoms with Gasteiger partial charge in [0.25, 0.3) is 0 Å². The predicted octanol–water partition coefficient (Wildman–Crippen LogP) is 3.12. The molecule has 0 radical (unpaired) electrons. The molecule has 0 saturated heterocycles. The van der Waals surface area contributed by atoms with Crippen molar-refractivity contribution in [2.45, 2.75) is 59.4 Å². The molecular formula is C15H32N2. The number of likely N-dealkylation sites (N-methyl/N-ethyl adjacent to an activating group) is 1. The van der Waals surface area contributed by atoms with Gasteiger partial charge in [0.1, 0.15) is 0 Å². The van der Waals surface area contributed by atoms with E-state index in [9.17, 15) is 0 Å². The molecule has 1 saturated carbocycles. The summed E-state index contributed by atoms with van der Waals surface area (Å²) in [7, 11) is 2.27. The summed E-state index contributed by atoms with van der Waals surface area (Å²) in [6.07, 6.45) is 3.89. The van der Waals surface area contributed by atoms with Crippen molar-refractivity contribution in [3.05, 3.63) is 0 Å². The van der Waals surface area contributed by atoms with Gasteiger partial charge in [-0.3, -0.25) is 4.90 Å². The van der Waals surface area contributed by atoms with Crippen molar-refractivity contribution in [3.8, 4) is 0 Å². The van der Waals surface area contributed by atoms with Gasteiger partial charge in [-0.1, -0.05) is 34.6 Å². The smallest absolute Gasteiger partial charge is 0.0334 e. The Balaban J connectivity index is 2.79. The maximum atomic E-state index is 6.14. The molecule has 102 valence electrons. The molecule has 2 heteroatoms. The summed E-state index contributed by atoms with van der Waals surface area (Å²) in [5.41, 5.74) is 6.73. The van der Waals surface area contributed by atoms with E-state index < -0.39 is 0 Å². The number of nitrogens with two attached hydrogens (primary N) is 1. The highest BCUT2D eigenvalue weighted by Crippen LogP contribution is 2.39. The number of rotatable bonds is 3. The third-order valence-corrected chi connectivity index (χ3v) is 4.16. The Morgan fingerprint density at radius 3 is 2.00 bits per heavy atom. The maximum absolute atomic E-state index is 6.14. The lowest BCUT2D eigenvalue weighted by Gasteiger charge is -2.50. The molecule has 0 aromatic carbocycles. The quantitative estimate of drug-likeness (QED) is 0.821. The molecule has 0 aromatic rings. The van der Waals surface area contributed by atoms with Crippen LogP contribution < -0.4 is 5.73 Å². The summed E-state index contributed by atoms with van der Waals surface area (Å²) in [4.78, 5) is 2.54. The lowest BCUT2D eigenvalue weighted by Crippen LogP contribution is -2.57. The second kappa shape index (κ2) is 5.27. The molecule has 0 aliphatic heterocycles. The van der Waals surface area contributed by atoms with Crippen molar-refractivity contribution in [2.24, 2.45) is 23.0 Å². The summed E-state index contributed by atoms with van der Waals surface area (Å²) < 4.78 is 0. The Morgan fingerprint density at radius 1 is 1.18 bits per heavy atom. The third-order valence-electron chi connectivity index (χ3n) is 4.16. The predicted molar refractivity (Wildman–Crippen MR) is 76.0 cm³/mol. The minimum atomic E-state index is 0.240. The van der Waals surface area contributed by atoms with E-state index in [0.717, 1.165) is 24.9 Å². The average Bonchev–Trinajstić information content (AvgIpc) is 2.13. The van der Waals surface area contributed by atoms with Crippen LogP contribution >= 0.6 is 0 Å². The van der Waals surface area contributed by atoms with Crippen LogP contribution in [0.25, 0.3) is 0 Å². The maximum Gasteiger partial charge on any atom is 0.0334 e. The molecular weight excluding hydrogens is 208 g/mol. The first kappa shape index (κ1) is 15.0. The average molecular weight is 240 g/mol. The zero-order valence-electron chi connectivity index (χ0n) is 12.7. The Hall–Kier alpha value is -0.0800. The highest BCUT2D eigenvalue weighted by Gasteiger charge is 2.40. The Kier molecular flexibility index (Phi) is 4.65. The molecule has 0 spiro atoms. The summed E-state index contributed by atoms with van der Waals surface area (Å²) in [6, 6.07) is 0. The van der Waals surface area contributed by atoms with E-state index >= 15 is 0 Å². The van der Waals surface area contributed by atoms with Gasteiger partial charge in [0.05, 0.1) is 0 Å². The molecule has 2 unspecified atom stereocenters.